The Labute approximate surface area is 111 Å². The summed E-state index contributed by atoms with van der Waals surface area (Å²) in [6.45, 7) is 0.420. The molecule has 0 atom stereocenters. The molecule has 0 fully saturated rings. The van der Waals surface area contributed by atoms with Crippen molar-refractivity contribution in [1.82, 2.24) is 14.8 Å². The van der Waals surface area contributed by atoms with Crippen LogP contribution in [0.5, 0.6) is 0 Å². The zero-order valence-corrected chi connectivity index (χ0v) is 11.3. The van der Waals surface area contributed by atoms with Gasteiger partial charge in [-0.25, -0.2) is 9.67 Å². The van der Waals surface area contributed by atoms with Gasteiger partial charge in [0.25, 0.3) is 5.56 Å². The molecule has 0 saturated heterocycles. The average Bonchev–Trinajstić information content (AvgIpc) is 2.41. The molecule has 0 spiro atoms. The number of anilines is 2. The Bertz CT molecular complexity index is 603. The minimum Gasteiger partial charge on any atom is -0.376 e. The summed E-state index contributed by atoms with van der Waals surface area (Å²) in [5.74, 6) is 0.798. The third kappa shape index (κ3) is 3.09. The summed E-state index contributed by atoms with van der Waals surface area (Å²) in [5.41, 5.74) is 1.61. The van der Waals surface area contributed by atoms with E-state index in [1.54, 1.807) is 18.5 Å². The van der Waals surface area contributed by atoms with Crippen molar-refractivity contribution in [2.45, 2.75) is 6.54 Å². The quantitative estimate of drug-likeness (QED) is 0.879. The Hall–Kier alpha value is -2.37. The van der Waals surface area contributed by atoms with E-state index in [0.717, 1.165) is 17.1 Å². The molecular weight excluding hydrogens is 242 g/mol. The van der Waals surface area contributed by atoms with Gasteiger partial charge in [-0.15, -0.1) is 0 Å². The van der Waals surface area contributed by atoms with Crippen LogP contribution in [-0.2, 0) is 6.54 Å². The monoisotopic (exact) mass is 259 g/mol. The molecule has 0 bridgehead atoms. The predicted octanol–water partition coefficient (Wildman–Crippen LogP) is 0.794. The molecule has 0 aromatic carbocycles. The highest BCUT2D eigenvalue weighted by Crippen LogP contribution is 2.06. The highest BCUT2D eigenvalue weighted by molar-refractivity contribution is 5.40. The lowest BCUT2D eigenvalue weighted by Crippen LogP contribution is -2.24. The van der Waals surface area contributed by atoms with E-state index in [-0.39, 0.29) is 5.56 Å². The lowest BCUT2D eigenvalue weighted by atomic mass is 10.3. The van der Waals surface area contributed by atoms with Crippen LogP contribution in [0.15, 0.2) is 35.4 Å². The fourth-order valence-corrected chi connectivity index (χ4v) is 1.63. The number of nitrogens with one attached hydrogen (secondary N) is 1. The summed E-state index contributed by atoms with van der Waals surface area (Å²) in [4.78, 5) is 18.0. The van der Waals surface area contributed by atoms with Crippen LogP contribution in [0.1, 0.15) is 5.56 Å². The number of pyridine rings is 1. The van der Waals surface area contributed by atoms with E-state index in [0.29, 0.717) is 6.54 Å². The number of rotatable bonds is 4. The molecule has 0 unspecified atom stereocenters. The van der Waals surface area contributed by atoms with Crippen molar-refractivity contribution in [2.24, 2.45) is 0 Å². The predicted molar refractivity (Wildman–Crippen MR) is 75.7 cm³/mol. The van der Waals surface area contributed by atoms with Crippen LogP contribution in [0.25, 0.3) is 0 Å². The maximum absolute atomic E-state index is 11.9. The molecule has 0 saturated carbocycles. The maximum Gasteiger partial charge on any atom is 0.269 e. The molecule has 19 heavy (non-hydrogen) atoms. The normalized spacial score (nSPS) is 10.3. The van der Waals surface area contributed by atoms with Gasteiger partial charge < -0.3 is 10.2 Å². The first-order valence-corrected chi connectivity index (χ1v) is 5.97. The third-order valence-electron chi connectivity index (χ3n) is 2.78. The van der Waals surface area contributed by atoms with Crippen molar-refractivity contribution >= 4 is 11.5 Å². The van der Waals surface area contributed by atoms with Crippen LogP contribution in [0.3, 0.4) is 0 Å². The van der Waals surface area contributed by atoms with E-state index >= 15 is 0 Å². The summed E-state index contributed by atoms with van der Waals surface area (Å²) in [5, 5.41) is 7.11. The second-order valence-corrected chi connectivity index (χ2v) is 4.41. The van der Waals surface area contributed by atoms with Gasteiger partial charge in [-0.2, -0.15) is 5.10 Å². The first-order chi connectivity index (χ1) is 9.10. The van der Waals surface area contributed by atoms with Gasteiger partial charge in [0.1, 0.15) is 5.82 Å². The minimum atomic E-state index is -0.121. The SMILES string of the molecule is CNc1ccc(Cn2ncc(N(C)C)cc2=O)cn1. The molecule has 2 rings (SSSR count). The summed E-state index contributed by atoms with van der Waals surface area (Å²) in [7, 11) is 5.57. The molecule has 0 aliphatic carbocycles. The first-order valence-electron chi connectivity index (χ1n) is 5.97. The van der Waals surface area contributed by atoms with E-state index in [9.17, 15) is 4.79 Å². The molecule has 2 aromatic rings. The average molecular weight is 259 g/mol. The van der Waals surface area contributed by atoms with E-state index < -0.39 is 0 Å². The minimum absolute atomic E-state index is 0.121. The summed E-state index contributed by atoms with van der Waals surface area (Å²) < 4.78 is 1.42. The van der Waals surface area contributed by atoms with Crippen LogP contribution in [0, 0.1) is 0 Å². The van der Waals surface area contributed by atoms with Crippen molar-refractivity contribution in [1.29, 1.82) is 0 Å². The van der Waals surface area contributed by atoms with Crippen LogP contribution in [0.2, 0.25) is 0 Å². The molecule has 2 aromatic heterocycles. The molecule has 0 aliphatic rings. The van der Waals surface area contributed by atoms with Crippen molar-refractivity contribution in [2.75, 3.05) is 31.4 Å². The van der Waals surface area contributed by atoms with Gasteiger partial charge in [-0.05, 0) is 11.6 Å². The van der Waals surface area contributed by atoms with Crippen molar-refractivity contribution < 1.29 is 0 Å². The van der Waals surface area contributed by atoms with Crippen LogP contribution >= 0.6 is 0 Å². The summed E-state index contributed by atoms with van der Waals surface area (Å²) >= 11 is 0. The van der Waals surface area contributed by atoms with Gasteiger partial charge in [-0.1, -0.05) is 6.07 Å². The van der Waals surface area contributed by atoms with Crippen molar-refractivity contribution in [3.05, 3.63) is 46.5 Å². The zero-order chi connectivity index (χ0) is 13.8. The number of nitrogens with zero attached hydrogens (tertiary/aromatic N) is 4. The molecule has 6 heteroatoms. The van der Waals surface area contributed by atoms with E-state index in [1.165, 1.54) is 4.68 Å². The topological polar surface area (TPSA) is 63.1 Å². The molecule has 6 nitrogen and oxygen atoms in total. The van der Waals surface area contributed by atoms with E-state index in [1.807, 2.05) is 38.2 Å². The van der Waals surface area contributed by atoms with Crippen LogP contribution in [0.4, 0.5) is 11.5 Å². The van der Waals surface area contributed by atoms with Crippen LogP contribution in [-0.4, -0.2) is 35.9 Å². The Morgan fingerprint density at radius 3 is 2.63 bits per heavy atom. The smallest absolute Gasteiger partial charge is 0.269 e. The number of hydrogen-bond acceptors (Lipinski definition) is 5. The maximum atomic E-state index is 11.9. The second-order valence-electron chi connectivity index (χ2n) is 4.41. The van der Waals surface area contributed by atoms with Gasteiger partial charge in [0.15, 0.2) is 0 Å². The fourth-order valence-electron chi connectivity index (χ4n) is 1.63. The summed E-state index contributed by atoms with van der Waals surface area (Å²) in [6.07, 6.45) is 3.41. The Morgan fingerprint density at radius 1 is 1.32 bits per heavy atom. The number of aromatic nitrogens is 3. The van der Waals surface area contributed by atoms with E-state index in [4.69, 9.17) is 0 Å². The van der Waals surface area contributed by atoms with Crippen molar-refractivity contribution in [3.8, 4) is 0 Å². The Morgan fingerprint density at radius 2 is 2.11 bits per heavy atom. The first kappa shape index (κ1) is 13.1. The summed E-state index contributed by atoms with van der Waals surface area (Å²) in [6, 6.07) is 5.36. The molecule has 0 amide bonds. The number of hydrogen-bond donors (Lipinski definition) is 1. The standard InChI is InChI=1S/C13H17N5O/c1-14-12-5-4-10(7-15-12)9-18-13(19)6-11(8-16-18)17(2)3/h4-8H,9H2,1-3H3,(H,14,15). The van der Waals surface area contributed by atoms with Gasteiger partial charge in [0.05, 0.1) is 18.4 Å². The Kier molecular flexibility index (Phi) is 3.79. The molecular formula is C13H17N5O. The van der Waals surface area contributed by atoms with Gasteiger partial charge in [-0.3, -0.25) is 4.79 Å². The van der Waals surface area contributed by atoms with Gasteiger partial charge in [0, 0.05) is 33.4 Å². The van der Waals surface area contributed by atoms with Crippen LogP contribution < -0.4 is 15.8 Å². The lowest BCUT2D eigenvalue weighted by molar-refractivity contribution is 0.637. The molecule has 0 radical (unpaired) electrons. The molecule has 2 heterocycles. The van der Waals surface area contributed by atoms with E-state index in [2.05, 4.69) is 15.4 Å². The largest absolute Gasteiger partial charge is 0.376 e. The van der Waals surface area contributed by atoms with Gasteiger partial charge >= 0.3 is 0 Å². The highest BCUT2D eigenvalue weighted by atomic mass is 16.1. The second kappa shape index (κ2) is 5.51. The third-order valence-corrected chi connectivity index (χ3v) is 2.78. The Balaban J connectivity index is 2.21. The van der Waals surface area contributed by atoms with Crippen molar-refractivity contribution in [3.63, 3.8) is 0 Å². The molecule has 100 valence electrons. The zero-order valence-electron chi connectivity index (χ0n) is 11.3. The highest BCUT2D eigenvalue weighted by Gasteiger charge is 2.03. The molecule has 0 aliphatic heterocycles. The van der Waals surface area contributed by atoms with Gasteiger partial charge in [0.2, 0.25) is 0 Å². The lowest BCUT2D eigenvalue weighted by Gasteiger charge is -2.12. The fraction of sp³-hybridized carbons (Fsp3) is 0.308. The molecule has 1 N–H and O–H groups in total.